The normalized spacial score (nSPS) is 10.3. The number of carbonyl (C=O) groups excluding carboxylic acids is 1. The first-order chi connectivity index (χ1) is 10.1. The average molecular weight is 288 g/mol. The van der Waals surface area contributed by atoms with Crippen molar-refractivity contribution in [3.05, 3.63) is 57.7 Å². The van der Waals surface area contributed by atoms with Gasteiger partial charge in [0.15, 0.2) is 0 Å². The van der Waals surface area contributed by atoms with Gasteiger partial charge in [-0.2, -0.15) is 0 Å². The second kappa shape index (κ2) is 6.65. The molecule has 0 atom stereocenters. The summed E-state index contributed by atoms with van der Waals surface area (Å²) in [6.07, 6.45) is 4.83. The zero-order chi connectivity index (χ0) is 15.2. The maximum absolute atomic E-state index is 12.1. The smallest absolute Gasteiger partial charge is 0.282 e. The number of imidazole rings is 1. The molecule has 0 saturated carbocycles. The van der Waals surface area contributed by atoms with Crippen LogP contribution in [0.5, 0.6) is 0 Å². The van der Waals surface area contributed by atoms with Crippen molar-refractivity contribution in [1.29, 1.82) is 0 Å². The number of nitrogens with one attached hydrogen (secondary N) is 2. The third-order valence-corrected chi connectivity index (χ3v) is 3.11. The van der Waals surface area contributed by atoms with E-state index >= 15 is 0 Å². The van der Waals surface area contributed by atoms with Crippen molar-refractivity contribution >= 4 is 11.6 Å². The van der Waals surface area contributed by atoms with Gasteiger partial charge < -0.3 is 10.3 Å². The number of benzene rings is 1. The molecule has 21 heavy (non-hydrogen) atoms. The monoisotopic (exact) mass is 288 g/mol. The Hall–Kier alpha value is -2.70. The number of nitro groups is 1. The third kappa shape index (κ3) is 3.65. The minimum absolute atomic E-state index is 0.125. The molecule has 2 N–H and O–H groups in total. The lowest BCUT2D eigenvalue weighted by atomic mass is 10.1. The number of aromatic nitrogens is 2. The van der Waals surface area contributed by atoms with Crippen LogP contribution in [0.4, 0.5) is 5.69 Å². The van der Waals surface area contributed by atoms with Crippen LogP contribution in [0.25, 0.3) is 0 Å². The first-order valence-corrected chi connectivity index (χ1v) is 6.60. The zero-order valence-electron chi connectivity index (χ0n) is 11.6. The molecule has 110 valence electrons. The van der Waals surface area contributed by atoms with Crippen LogP contribution >= 0.6 is 0 Å². The molecule has 1 amide bonds. The highest BCUT2D eigenvalue weighted by Gasteiger charge is 2.21. The summed E-state index contributed by atoms with van der Waals surface area (Å²) in [5.41, 5.74) is 0.548. The number of amides is 1. The van der Waals surface area contributed by atoms with Gasteiger partial charge >= 0.3 is 0 Å². The Kier molecular flexibility index (Phi) is 4.65. The Labute approximate surface area is 121 Å². The van der Waals surface area contributed by atoms with Crippen LogP contribution in [0.3, 0.4) is 0 Å². The molecule has 1 aromatic carbocycles. The number of rotatable bonds is 6. The number of aromatic amines is 1. The van der Waals surface area contributed by atoms with E-state index in [-0.39, 0.29) is 11.3 Å². The third-order valence-electron chi connectivity index (χ3n) is 3.11. The fraction of sp³-hybridized carbons (Fsp3) is 0.286. The molecule has 7 heteroatoms. The number of aryl methyl sites for hydroxylation is 2. The van der Waals surface area contributed by atoms with E-state index < -0.39 is 10.8 Å². The highest BCUT2D eigenvalue weighted by molar-refractivity contribution is 5.99. The van der Waals surface area contributed by atoms with Crippen molar-refractivity contribution in [1.82, 2.24) is 15.3 Å². The topological polar surface area (TPSA) is 101 Å². The minimum Gasteiger partial charge on any atom is -0.352 e. The summed E-state index contributed by atoms with van der Waals surface area (Å²) in [6.45, 7) is 2.12. The summed E-state index contributed by atoms with van der Waals surface area (Å²) < 4.78 is 0. The molecule has 0 radical (unpaired) electrons. The van der Waals surface area contributed by atoms with Gasteiger partial charge in [0.05, 0.1) is 4.92 Å². The molecule has 7 nitrogen and oxygen atoms in total. The van der Waals surface area contributed by atoms with E-state index in [1.807, 2.05) is 0 Å². The van der Waals surface area contributed by atoms with E-state index in [0.29, 0.717) is 24.9 Å². The van der Waals surface area contributed by atoms with Crippen LogP contribution in [-0.2, 0) is 6.42 Å². The molecule has 0 aliphatic heterocycles. The molecule has 0 unspecified atom stereocenters. The highest BCUT2D eigenvalue weighted by atomic mass is 16.6. The SMILES string of the molecule is Cc1cccc([N+](=O)[O-])c1C(=O)NCCCc1ncc[nH]1. The van der Waals surface area contributed by atoms with Crippen LogP contribution in [0.15, 0.2) is 30.6 Å². The van der Waals surface area contributed by atoms with E-state index in [0.717, 1.165) is 5.82 Å². The lowest BCUT2D eigenvalue weighted by molar-refractivity contribution is -0.385. The van der Waals surface area contributed by atoms with Gasteiger partial charge in [-0.15, -0.1) is 0 Å². The molecule has 1 aromatic heterocycles. The Balaban J connectivity index is 1.95. The number of nitrogens with zero attached hydrogens (tertiary/aromatic N) is 2. The van der Waals surface area contributed by atoms with Gasteiger partial charge in [0, 0.05) is 31.4 Å². The molecule has 0 aliphatic rings. The van der Waals surface area contributed by atoms with Gasteiger partial charge in [-0.25, -0.2) is 4.98 Å². The van der Waals surface area contributed by atoms with Gasteiger partial charge in [0.1, 0.15) is 11.4 Å². The van der Waals surface area contributed by atoms with E-state index in [1.54, 1.807) is 31.5 Å². The van der Waals surface area contributed by atoms with Crippen molar-refractivity contribution in [3.8, 4) is 0 Å². The molecule has 2 rings (SSSR count). The number of H-pyrrole nitrogens is 1. The van der Waals surface area contributed by atoms with Crippen LogP contribution in [0.1, 0.15) is 28.2 Å². The van der Waals surface area contributed by atoms with Gasteiger partial charge in [0.25, 0.3) is 11.6 Å². The first kappa shape index (κ1) is 14.7. The second-order valence-corrected chi connectivity index (χ2v) is 4.62. The maximum Gasteiger partial charge on any atom is 0.282 e. The van der Waals surface area contributed by atoms with Crippen molar-refractivity contribution in [2.75, 3.05) is 6.54 Å². The Bertz CT molecular complexity index is 638. The lowest BCUT2D eigenvalue weighted by Crippen LogP contribution is -2.26. The number of hydrogen-bond donors (Lipinski definition) is 2. The molecule has 0 aliphatic carbocycles. The quantitative estimate of drug-likeness (QED) is 0.482. The molecular formula is C14H16N4O3. The zero-order valence-corrected chi connectivity index (χ0v) is 11.6. The first-order valence-electron chi connectivity index (χ1n) is 6.60. The maximum atomic E-state index is 12.1. The van der Waals surface area contributed by atoms with Crippen molar-refractivity contribution in [2.24, 2.45) is 0 Å². The van der Waals surface area contributed by atoms with Gasteiger partial charge in [-0.1, -0.05) is 12.1 Å². The summed E-state index contributed by atoms with van der Waals surface area (Å²) in [7, 11) is 0. The predicted octanol–water partition coefficient (Wildman–Crippen LogP) is 1.99. The van der Waals surface area contributed by atoms with Gasteiger partial charge in [-0.05, 0) is 18.9 Å². The van der Waals surface area contributed by atoms with E-state index in [4.69, 9.17) is 0 Å². The molecule has 0 bridgehead atoms. The molecule has 0 saturated heterocycles. The summed E-state index contributed by atoms with van der Waals surface area (Å²) in [6, 6.07) is 4.59. The minimum atomic E-state index is -0.537. The average Bonchev–Trinajstić information content (AvgIpc) is 2.96. The lowest BCUT2D eigenvalue weighted by Gasteiger charge is -2.07. The molecular weight excluding hydrogens is 272 g/mol. The fourth-order valence-corrected chi connectivity index (χ4v) is 2.08. The molecule has 0 fully saturated rings. The van der Waals surface area contributed by atoms with E-state index in [9.17, 15) is 14.9 Å². The second-order valence-electron chi connectivity index (χ2n) is 4.62. The van der Waals surface area contributed by atoms with Crippen LogP contribution < -0.4 is 5.32 Å². The Morgan fingerprint density at radius 2 is 2.29 bits per heavy atom. The van der Waals surface area contributed by atoms with Gasteiger partial charge in [0.2, 0.25) is 0 Å². The number of hydrogen-bond acceptors (Lipinski definition) is 4. The van der Waals surface area contributed by atoms with E-state index in [1.165, 1.54) is 6.07 Å². The summed E-state index contributed by atoms with van der Waals surface area (Å²) >= 11 is 0. The Morgan fingerprint density at radius 3 is 2.95 bits per heavy atom. The largest absolute Gasteiger partial charge is 0.352 e. The standard InChI is InChI=1S/C14H16N4O3/c1-10-4-2-5-11(18(20)21)13(10)14(19)17-7-3-6-12-15-8-9-16-12/h2,4-5,8-9H,3,6-7H2,1H3,(H,15,16)(H,17,19). The molecule has 1 heterocycles. The molecule has 2 aromatic rings. The van der Waals surface area contributed by atoms with Crippen LogP contribution in [0, 0.1) is 17.0 Å². The van der Waals surface area contributed by atoms with E-state index in [2.05, 4.69) is 15.3 Å². The number of nitro benzene ring substituents is 1. The van der Waals surface area contributed by atoms with Crippen molar-refractivity contribution < 1.29 is 9.72 Å². The van der Waals surface area contributed by atoms with Crippen molar-refractivity contribution in [2.45, 2.75) is 19.8 Å². The van der Waals surface area contributed by atoms with Crippen LogP contribution in [0.2, 0.25) is 0 Å². The van der Waals surface area contributed by atoms with Crippen LogP contribution in [-0.4, -0.2) is 27.3 Å². The number of carbonyl (C=O) groups is 1. The van der Waals surface area contributed by atoms with Gasteiger partial charge in [-0.3, -0.25) is 14.9 Å². The van der Waals surface area contributed by atoms with Crippen molar-refractivity contribution in [3.63, 3.8) is 0 Å². The summed E-state index contributed by atoms with van der Waals surface area (Å²) in [5.74, 6) is 0.436. The fourth-order valence-electron chi connectivity index (χ4n) is 2.08. The highest BCUT2D eigenvalue weighted by Crippen LogP contribution is 2.21. The Morgan fingerprint density at radius 1 is 1.48 bits per heavy atom. The summed E-state index contributed by atoms with van der Waals surface area (Å²) in [4.78, 5) is 29.6. The summed E-state index contributed by atoms with van der Waals surface area (Å²) in [5, 5.41) is 13.7. The predicted molar refractivity (Wildman–Crippen MR) is 77.1 cm³/mol. The molecule has 0 spiro atoms.